The molecule has 1 saturated carbocycles. The van der Waals surface area contributed by atoms with E-state index in [4.69, 9.17) is 0 Å². The highest BCUT2D eigenvalue weighted by molar-refractivity contribution is 7.89. The van der Waals surface area contributed by atoms with Gasteiger partial charge in [-0.2, -0.15) is 0 Å². The van der Waals surface area contributed by atoms with E-state index in [-0.39, 0.29) is 11.7 Å². The van der Waals surface area contributed by atoms with Gasteiger partial charge in [-0.05, 0) is 32.6 Å². The predicted molar refractivity (Wildman–Crippen MR) is 84.1 cm³/mol. The normalized spacial score (nSPS) is 25.5. The summed E-state index contributed by atoms with van der Waals surface area (Å²) >= 11 is 1.71. The van der Waals surface area contributed by atoms with Crippen LogP contribution in [0.2, 0.25) is 0 Å². The zero-order chi connectivity index (χ0) is 14.9. The van der Waals surface area contributed by atoms with E-state index in [0.717, 1.165) is 22.9 Å². The van der Waals surface area contributed by atoms with Gasteiger partial charge < -0.3 is 0 Å². The van der Waals surface area contributed by atoms with Crippen LogP contribution < -0.4 is 0 Å². The zero-order valence-corrected chi connectivity index (χ0v) is 14.1. The fourth-order valence-electron chi connectivity index (χ4n) is 3.33. The summed E-state index contributed by atoms with van der Waals surface area (Å²) < 4.78 is 25.7. The molecule has 0 amide bonds. The fraction of sp³-hybridized carbons (Fsp3) is 0.857. The summed E-state index contributed by atoms with van der Waals surface area (Å²) in [6, 6.07) is 0. The Labute approximate surface area is 130 Å². The van der Waals surface area contributed by atoms with Crippen molar-refractivity contribution in [1.29, 1.82) is 0 Å². The van der Waals surface area contributed by atoms with Crippen LogP contribution in [0.5, 0.6) is 0 Å². The standard InChI is InChI=1S/C14H23N3O2S2/c1-2-21(18,19)17-9-5-8-12(10-17)14-16-15-13(20-14)11-6-3-4-7-11/h11-12H,2-10H2,1H3. The number of hydrogen-bond acceptors (Lipinski definition) is 5. The van der Waals surface area contributed by atoms with Crippen LogP contribution in [-0.2, 0) is 10.0 Å². The van der Waals surface area contributed by atoms with Crippen LogP contribution in [-0.4, -0.2) is 41.8 Å². The van der Waals surface area contributed by atoms with Gasteiger partial charge in [0.25, 0.3) is 0 Å². The molecule has 2 aliphatic rings. The van der Waals surface area contributed by atoms with Gasteiger partial charge in [0.05, 0.1) is 5.75 Å². The van der Waals surface area contributed by atoms with Crippen molar-refractivity contribution < 1.29 is 8.42 Å². The Hall–Kier alpha value is -0.530. The maximum absolute atomic E-state index is 12.0. The van der Waals surface area contributed by atoms with Crippen LogP contribution in [0.3, 0.4) is 0 Å². The van der Waals surface area contributed by atoms with Crippen molar-refractivity contribution in [2.45, 2.75) is 57.3 Å². The van der Waals surface area contributed by atoms with Gasteiger partial charge in [0.15, 0.2) is 0 Å². The van der Waals surface area contributed by atoms with Crippen LogP contribution in [0, 0.1) is 0 Å². The van der Waals surface area contributed by atoms with Crippen molar-refractivity contribution in [3.05, 3.63) is 10.0 Å². The minimum absolute atomic E-state index is 0.184. The van der Waals surface area contributed by atoms with E-state index in [2.05, 4.69) is 10.2 Å². The molecule has 5 nitrogen and oxygen atoms in total. The Bertz CT molecular complexity index is 579. The van der Waals surface area contributed by atoms with Gasteiger partial charge in [-0.1, -0.05) is 12.8 Å². The molecule has 1 aromatic heterocycles. The van der Waals surface area contributed by atoms with Gasteiger partial charge in [0.2, 0.25) is 10.0 Å². The number of piperidine rings is 1. The first-order chi connectivity index (χ1) is 10.1. The first-order valence-corrected chi connectivity index (χ1v) is 10.3. The van der Waals surface area contributed by atoms with Crippen molar-refractivity contribution in [3.8, 4) is 0 Å². The lowest BCUT2D eigenvalue weighted by Crippen LogP contribution is -2.39. The Morgan fingerprint density at radius 2 is 1.71 bits per heavy atom. The van der Waals surface area contributed by atoms with Crippen molar-refractivity contribution >= 4 is 21.4 Å². The molecular formula is C14H23N3O2S2. The van der Waals surface area contributed by atoms with Crippen molar-refractivity contribution in [2.75, 3.05) is 18.8 Å². The molecule has 21 heavy (non-hydrogen) atoms. The highest BCUT2D eigenvalue weighted by Crippen LogP contribution is 2.38. The van der Waals surface area contributed by atoms with E-state index in [1.165, 1.54) is 25.7 Å². The Balaban J connectivity index is 1.71. The Kier molecular flexibility index (Phi) is 4.61. The second-order valence-corrected chi connectivity index (χ2v) is 9.36. The molecule has 1 aliphatic heterocycles. The van der Waals surface area contributed by atoms with Gasteiger partial charge in [0, 0.05) is 24.9 Å². The topological polar surface area (TPSA) is 63.2 Å². The van der Waals surface area contributed by atoms with Crippen LogP contribution in [0.15, 0.2) is 0 Å². The van der Waals surface area contributed by atoms with E-state index in [1.807, 2.05) is 0 Å². The van der Waals surface area contributed by atoms with Crippen molar-refractivity contribution in [2.24, 2.45) is 0 Å². The Morgan fingerprint density at radius 1 is 1.10 bits per heavy atom. The van der Waals surface area contributed by atoms with Gasteiger partial charge in [-0.25, -0.2) is 12.7 Å². The van der Waals surface area contributed by atoms with Crippen LogP contribution in [0.1, 0.15) is 67.3 Å². The van der Waals surface area contributed by atoms with Gasteiger partial charge in [-0.15, -0.1) is 21.5 Å². The van der Waals surface area contributed by atoms with E-state index in [1.54, 1.807) is 22.6 Å². The molecule has 1 unspecified atom stereocenters. The molecule has 1 atom stereocenters. The SMILES string of the molecule is CCS(=O)(=O)N1CCCC(c2nnc(C3CCCC3)s2)C1. The van der Waals surface area contributed by atoms with E-state index in [9.17, 15) is 8.42 Å². The van der Waals surface area contributed by atoms with Crippen LogP contribution in [0.25, 0.3) is 0 Å². The molecule has 0 N–H and O–H groups in total. The highest BCUT2D eigenvalue weighted by Gasteiger charge is 2.31. The number of hydrogen-bond donors (Lipinski definition) is 0. The molecular weight excluding hydrogens is 306 g/mol. The van der Waals surface area contributed by atoms with Gasteiger partial charge in [0.1, 0.15) is 10.0 Å². The summed E-state index contributed by atoms with van der Waals surface area (Å²) in [5.41, 5.74) is 0. The van der Waals surface area contributed by atoms with E-state index in [0.29, 0.717) is 19.0 Å². The molecule has 7 heteroatoms. The average Bonchev–Trinajstić information content (AvgIpc) is 3.18. The lowest BCUT2D eigenvalue weighted by atomic mass is 10.0. The smallest absolute Gasteiger partial charge is 0.212 e. The second-order valence-electron chi connectivity index (χ2n) is 6.06. The molecule has 0 bridgehead atoms. The maximum atomic E-state index is 12.0. The number of aromatic nitrogens is 2. The van der Waals surface area contributed by atoms with Gasteiger partial charge in [-0.3, -0.25) is 0 Å². The maximum Gasteiger partial charge on any atom is 0.213 e. The van der Waals surface area contributed by atoms with Crippen LogP contribution in [0.4, 0.5) is 0 Å². The molecule has 0 aromatic carbocycles. The molecule has 0 radical (unpaired) electrons. The summed E-state index contributed by atoms with van der Waals surface area (Å²) in [6.45, 7) is 2.94. The average molecular weight is 329 g/mol. The minimum Gasteiger partial charge on any atom is -0.212 e. The Morgan fingerprint density at radius 3 is 2.38 bits per heavy atom. The number of rotatable bonds is 4. The molecule has 3 rings (SSSR count). The van der Waals surface area contributed by atoms with Crippen LogP contribution >= 0.6 is 11.3 Å². The first kappa shape index (κ1) is 15.4. The lowest BCUT2D eigenvalue weighted by Gasteiger charge is -2.30. The summed E-state index contributed by atoms with van der Waals surface area (Å²) in [4.78, 5) is 0. The van der Waals surface area contributed by atoms with E-state index < -0.39 is 10.0 Å². The van der Waals surface area contributed by atoms with Gasteiger partial charge >= 0.3 is 0 Å². The molecule has 2 heterocycles. The summed E-state index contributed by atoms with van der Waals surface area (Å²) in [5, 5.41) is 11.0. The monoisotopic (exact) mass is 329 g/mol. The molecule has 0 spiro atoms. The number of sulfonamides is 1. The quantitative estimate of drug-likeness (QED) is 0.852. The summed E-state index contributed by atoms with van der Waals surface area (Å²) in [7, 11) is -3.08. The highest BCUT2D eigenvalue weighted by atomic mass is 32.2. The zero-order valence-electron chi connectivity index (χ0n) is 12.5. The predicted octanol–water partition coefficient (Wildman–Crippen LogP) is 2.72. The van der Waals surface area contributed by atoms with Crippen molar-refractivity contribution in [1.82, 2.24) is 14.5 Å². The third-order valence-corrected chi connectivity index (χ3v) is 7.75. The van der Waals surface area contributed by atoms with Crippen molar-refractivity contribution in [3.63, 3.8) is 0 Å². The molecule has 1 aromatic rings. The summed E-state index contributed by atoms with van der Waals surface area (Å²) in [5.74, 6) is 1.01. The first-order valence-electron chi connectivity index (χ1n) is 7.91. The molecule has 2 fully saturated rings. The second kappa shape index (κ2) is 6.30. The molecule has 118 valence electrons. The third kappa shape index (κ3) is 3.29. The third-order valence-electron chi connectivity index (χ3n) is 4.65. The van der Waals surface area contributed by atoms with E-state index >= 15 is 0 Å². The lowest BCUT2D eigenvalue weighted by molar-refractivity contribution is 0.315. The molecule has 1 aliphatic carbocycles. The summed E-state index contributed by atoms with van der Waals surface area (Å²) in [6.07, 6.45) is 7.00. The number of nitrogens with zero attached hydrogens (tertiary/aromatic N) is 3. The largest absolute Gasteiger partial charge is 0.213 e. The molecule has 1 saturated heterocycles. The minimum atomic E-state index is -3.08. The fourth-order valence-corrected chi connectivity index (χ4v) is 5.65.